The molecule has 0 radical (unpaired) electrons. The molecule has 1 aromatic carbocycles. The van der Waals surface area contributed by atoms with Crippen molar-refractivity contribution >= 4 is 22.6 Å². The number of aromatic nitrogens is 2. The number of hydrogen-bond donors (Lipinski definition) is 0. The molecule has 1 aromatic heterocycles. The summed E-state index contributed by atoms with van der Waals surface area (Å²) < 4.78 is 11.2. The normalized spacial score (nSPS) is 10.3. The largest absolute Gasteiger partial charge is 0.494 e. The lowest BCUT2D eigenvalue weighted by Gasteiger charge is -2.02. The predicted octanol–water partition coefficient (Wildman–Crippen LogP) is 2.74. The summed E-state index contributed by atoms with van der Waals surface area (Å²) in [6, 6.07) is 7.56. The summed E-state index contributed by atoms with van der Waals surface area (Å²) in [6.07, 6.45) is 0. The van der Waals surface area contributed by atoms with Gasteiger partial charge in [-0.15, -0.1) is 10.2 Å². The zero-order chi connectivity index (χ0) is 10.7. The first-order valence-corrected chi connectivity index (χ1v) is 5.59. The molecule has 4 nitrogen and oxygen atoms in total. The Kier molecular flexibility index (Phi) is 3.20. The van der Waals surface area contributed by atoms with E-state index in [0.29, 0.717) is 16.4 Å². The van der Waals surface area contributed by atoms with Gasteiger partial charge in [-0.1, -0.05) is 0 Å². The Hall–Kier alpha value is -1.11. The van der Waals surface area contributed by atoms with Gasteiger partial charge in [0.15, 0.2) is 0 Å². The number of halogens is 1. The molecule has 0 amide bonds. The molecule has 15 heavy (non-hydrogen) atoms. The SMILES string of the molecule is CCOc1ccc(-c2nnc(I)o2)cc1. The average molecular weight is 316 g/mol. The number of benzene rings is 1. The predicted molar refractivity (Wildman–Crippen MR) is 63.6 cm³/mol. The van der Waals surface area contributed by atoms with Gasteiger partial charge >= 0.3 is 0 Å². The van der Waals surface area contributed by atoms with E-state index in [-0.39, 0.29) is 0 Å². The van der Waals surface area contributed by atoms with E-state index >= 15 is 0 Å². The Balaban J connectivity index is 2.23. The average Bonchev–Trinajstić information content (AvgIpc) is 2.67. The van der Waals surface area contributed by atoms with E-state index in [1.54, 1.807) is 0 Å². The number of nitrogens with zero attached hydrogens (tertiary/aromatic N) is 2. The number of ether oxygens (including phenoxy) is 1. The first kappa shape index (κ1) is 10.4. The van der Waals surface area contributed by atoms with Crippen LogP contribution in [0.25, 0.3) is 11.5 Å². The molecule has 5 heteroatoms. The molecule has 0 atom stereocenters. The summed E-state index contributed by atoms with van der Waals surface area (Å²) >= 11 is 1.98. The van der Waals surface area contributed by atoms with E-state index in [2.05, 4.69) is 10.2 Å². The smallest absolute Gasteiger partial charge is 0.278 e. The van der Waals surface area contributed by atoms with Crippen LogP contribution in [0.15, 0.2) is 28.7 Å². The van der Waals surface area contributed by atoms with Gasteiger partial charge in [-0.2, -0.15) is 0 Å². The highest BCUT2D eigenvalue weighted by molar-refractivity contribution is 14.1. The summed E-state index contributed by atoms with van der Waals surface area (Å²) in [5.41, 5.74) is 0.897. The van der Waals surface area contributed by atoms with E-state index in [4.69, 9.17) is 9.15 Å². The lowest BCUT2D eigenvalue weighted by Crippen LogP contribution is -1.90. The highest BCUT2D eigenvalue weighted by Crippen LogP contribution is 2.21. The second-order valence-corrected chi connectivity index (χ2v) is 3.74. The fourth-order valence-corrected chi connectivity index (χ4v) is 1.50. The highest BCUT2D eigenvalue weighted by atomic mass is 127. The van der Waals surface area contributed by atoms with Gasteiger partial charge in [0.05, 0.1) is 6.61 Å². The van der Waals surface area contributed by atoms with Crippen molar-refractivity contribution in [2.75, 3.05) is 6.61 Å². The van der Waals surface area contributed by atoms with Gasteiger partial charge in [-0.05, 0) is 31.2 Å². The first-order valence-electron chi connectivity index (χ1n) is 4.52. The van der Waals surface area contributed by atoms with Crippen LogP contribution in [0, 0.1) is 3.90 Å². The molecule has 0 saturated heterocycles. The third-order valence-electron chi connectivity index (χ3n) is 1.81. The van der Waals surface area contributed by atoms with Crippen molar-refractivity contribution in [3.8, 4) is 17.2 Å². The number of rotatable bonds is 3. The van der Waals surface area contributed by atoms with Gasteiger partial charge in [-0.3, -0.25) is 0 Å². The summed E-state index contributed by atoms with van der Waals surface area (Å²) in [7, 11) is 0. The van der Waals surface area contributed by atoms with Crippen LogP contribution in [0.2, 0.25) is 0 Å². The second kappa shape index (κ2) is 4.61. The summed E-state index contributed by atoms with van der Waals surface area (Å²) in [5, 5.41) is 7.69. The first-order chi connectivity index (χ1) is 7.29. The quantitative estimate of drug-likeness (QED) is 0.817. The van der Waals surface area contributed by atoms with Gasteiger partial charge in [-0.25, -0.2) is 0 Å². The fourth-order valence-electron chi connectivity index (χ4n) is 1.18. The third-order valence-corrected chi connectivity index (χ3v) is 2.25. The van der Waals surface area contributed by atoms with Crippen molar-refractivity contribution in [1.82, 2.24) is 10.2 Å². The Morgan fingerprint density at radius 2 is 2.00 bits per heavy atom. The van der Waals surface area contributed by atoms with Crippen molar-refractivity contribution in [2.45, 2.75) is 6.92 Å². The molecule has 0 spiro atoms. The van der Waals surface area contributed by atoms with Crippen LogP contribution in [0.4, 0.5) is 0 Å². The molecule has 2 aromatic rings. The Labute approximate surface area is 101 Å². The van der Waals surface area contributed by atoms with Crippen LogP contribution in [0.1, 0.15) is 6.92 Å². The molecular weight excluding hydrogens is 307 g/mol. The number of hydrogen-bond acceptors (Lipinski definition) is 4. The molecule has 0 N–H and O–H groups in total. The van der Waals surface area contributed by atoms with Crippen LogP contribution < -0.4 is 4.74 Å². The molecule has 1 heterocycles. The molecule has 0 fully saturated rings. The van der Waals surface area contributed by atoms with Crippen LogP contribution >= 0.6 is 22.6 Å². The van der Waals surface area contributed by atoms with E-state index < -0.39 is 0 Å². The zero-order valence-corrected chi connectivity index (χ0v) is 10.3. The summed E-state index contributed by atoms with van der Waals surface area (Å²) in [5.74, 6) is 1.37. The van der Waals surface area contributed by atoms with Gasteiger partial charge in [0, 0.05) is 28.2 Å². The van der Waals surface area contributed by atoms with Gasteiger partial charge in [0.25, 0.3) is 3.90 Å². The van der Waals surface area contributed by atoms with E-state index in [1.165, 1.54) is 0 Å². The van der Waals surface area contributed by atoms with E-state index in [9.17, 15) is 0 Å². The van der Waals surface area contributed by atoms with Gasteiger partial charge < -0.3 is 9.15 Å². The third kappa shape index (κ3) is 2.47. The van der Waals surface area contributed by atoms with Gasteiger partial charge in [0.1, 0.15) is 5.75 Å². The molecule has 0 aliphatic rings. The van der Waals surface area contributed by atoms with Crippen molar-refractivity contribution in [3.05, 3.63) is 28.2 Å². The molecule has 0 unspecified atom stereocenters. The molecule has 78 valence electrons. The van der Waals surface area contributed by atoms with Crippen LogP contribution in [0.3, 0.4) is 0 Å². The topological polar surface area (TPSA) is 48.2 Å². The molecule has 0 saturated carbocycles. The highest BCUT2D eigenvalue weighted by Gasteiger charge is 2.05. The van der Waals surface area contributed by atoms with Crippen LogP contribution in [-0.2, 0) is 0 Å². The maximum atomic E-state index is 5.33. The monoisotopic (exact) mass is 316 g/mol. The van der Waals surface area contributed by atoms with Gasteiger partial charge in [0.2, 0.25) is 5.89 Å². The Bertz CT molecular complexity index is 439. The minimum absolute atomic E-state index is 0.530. The summed E-state index contributed by atoms with van der Waals surface area (Å²) in [4.78, 5) is 0. The minimum Gasteiger partial charge on any atom is -0.494 e. The lowest BCUT2D eigenvalue weighted by molar-refractivity contribution is 0.340. The van der Waals surface area contributed by atoms with Crippen molar-refractivity contribution in [2.24, 2.45) is 0 Å². The van der Waals surface area contributed by atoms with Crippen molar-refractivity contribution < 1.29 is 9.15 Å². The van der Waals surface area contributed by atoms with E-state index in [1.807, 2.05) is 53.8 Å². The van der Waals surface area contributed by atoms with Crippen LogP contribution in [-0.4, -0.2) is 16.8 Å². The van der Waals surface area contributed by atoms with Crippen molar-refractivity contribution in [3.63, 3.8) is 0 Å². The van der Waals surface area contributed by atoms with Crippen molar-refractivity contribution in [1.29, 1.82) is 0 Å². The lowest BCUT2D eigenvalue weighted by atomic mass is 10.2. The summed E-state index contributed by atoms with van der Waals surface area (Å²) in [6.45, 7) is 2.62. The molecular formula is C10H9IN2O2. The second-order valence-electron chi connectivity index (χ2n) is 2.82. The zero-order valence-electron chi connectivity index (χ0n) is 8.11. The minimum atomic E-state index is 0.530. The maximum Gasteiger partial charge on any atom is 0.278 e. The standard InChI is InChI=1S/C10H9IN2O2/c1-2-14-8-5-3-7(4-6-8)9-12-13-10(11)15-9/h3-6H,2H2,1H3. The molecule has 2 rings (SSSR count). The molecule has 0 bridgehead atoms. The Morgan fingerprint density at radius 3 is 2.53 bits per heavy atom. The fraction of sp³-hybridized carbons (Fsp3) is 0.200. The van der Waals surface area contributed by atoms with E-state index in [0.717, 1.165) is 11.3 Å². The van der Waals surface area contributed by atoms with Crippen LogP contribution in [0.5, 0.6) is 5.75 Å². The molecule has 0 aliphatic heterocycles. The molecule has 0 aliphatic carbocycles. The Morgan fingerprint density at radius 1 is 1.27 bits per heavy atom. The maximum absolute atomic E-state index is 5.33.